The summed E-state index contributed by atoms with van der Waals surface area (Å²) in [5.74, 6) is 0.379. The fourth-order valence-corrected chi connectivity index (χ4v) is 1.96. The molecule has 2 aromatic carbocycles. The van der Waals surface area contributed by atoms with Crippen molar-refractivity contribution in [3.8, 4) is 22.8 Å². The summed E-state index contributed by atoms with van der Waals surface area (Å²) in [5.41, 5.74) is 8.74. The Hall–Kier alpha value is -2.69. The van der Waals surface area contributed by atoms with Crippen LogP contribution in [-0.4, -0.2) is 10.1 Å². The number of hydrogen-bond donors (Lipinski definition) is 1. The number of hydrogen-bond acceptors (Lipinski definition) is 4. The van der Waals surface area contributed by atoms with E-state index in [4.69, 9.17) is 10.3 Å². The third kappa shape index (κ3) is 2.14. The number of aromatic nitrogens is 2. The molecule has 0 atom stereocenters. The Morgan fingerprint density at radius 2 is 1.95 bits per heavy atom. The largest absolute Gasteiger partial charge is 0.398 e. The topological polar surface area (TPSA) is 64.9 Å². The molecular formula is C15H12FN3O. The zero-order chi connectivity index (χ0) is 14.1. The van der Waals surface area contributed by atoms with Crippen LogP contribution in [0.5, 0.6) is 0 Å². The first-order valence-electron chi connectivity index (χ1n) is 6.10. The van der Waals surface area contributed by atoms with Crippen LogP contribution in [0.4, 0.5) is 10.1 Å². The molecule has 0 bridgehead atoms. The Morgan fingerprint density at radius 3 is 2.75 bits per heavy atom. The molecule has 0 saturated heterocycles. The van der Waals surface area contributed by atoms with Crippen molar-refractivity contribution >= 4 is 5.69 Å². The van der Waals surface area contributed by atoms with E-state index in [0.29, 0.717) is 23.0 Å². The average molecular weight is 269 g/mol. The molecule has 3 aromatic rings. The molecule has 20 heavy (non-hydrogen) atoms. The molecule has 2 N–H and O–H groups in total. The maximum Gasteiger partial charge on any atom is 0.258 e. The van der Waals surface area contributed by atoms with Gasteiger partial charge in [0.15, 0.2) is 0 Å². The van der Waals surface area contributed by atoms with Gasteiger partial charge in [0.1, 0.15) is 5.82 Å². The molecule has 3 rings (SSSR count). The first-order valence-corrected chi connectivity index (χ1v) is 6.10. The summed E-state index contributed by atoms with van der Waals surface area (Å²) in [5, 5.41) is 3.88. The van der Waals surface area contributed by atoms with Gasteiger partial charge >= 0.3 is 0 Å². The molecule has 0 unspecified atom stereocenters. The van der Waals surface area contributed by atoms with E-state index in [1.165, 1.54) is 12.1 Å². The van der Waals surface area contributed by atoms with Crippen LogP contribution < -0.4 is 5.73 Å². The van der Waals surface area contributed by atoms with Gasteiger partial charge < -0.3 is 10.3 Å². The molecule has 1 aromatic heterocycles. The molecule has 0 aliphatic heterocycles. The summed E-state index contributed by atoms with van der Waals surface area (Å²) in [6, 6.07) is 11.5. The van der Waals surface area contributed by atoms with Gasteiger partial charge in [0.2, 0.25) is 5.82 Å². The second-order valence-corrected chi connectivity index (χ2v) is 4.45. The number of nitrogen functional groups attached to an aromatic ring is 1. The van der Waals surface area contributed by atoms with Crippen LogP contribution in [0, 0.1) is 12.7 Å². The molecule has 0 radical (unpaired) electrons. The first kappa shape index (κ1) is 12.3. The number of benzene rings is 2. The van der Waals surface area contributed by atoms with Gasteiger partial charge in [-0.1, -0.05) is 23.4 Å². The summed E-state index contributed by atoms with van der Waals surface area (Å²) >= 11 is 0. The molecule has 5 heteroatoms. The molecule has 0 fully saturated rings. The molecule has 4 nitrogen and oxygen atoms in total. The van der Waals surface area contributed by atoms with Gasteiger partial charge in [-0.25, -0.2) is 4.39 Å². The zero-order valence-electron chi connectivity index (χ0n) is 10.8. The third-order valence-electron chi connectivity index (χ3n) is 3.11. The number of nitrogens with zero attached hydrogens (tertiary/aromatic N) is 2. The average Bonchev–Trinajstić information content (AvgIpc) is 2.91. The van der Waals surface area contributed by atoms with Crippen molar-refractivity contribution in [2.24, 2.45) is 0 Å². The van der Waals surface area contributed by atoms with Crippen LogP contribution in [0.2, 0.25) is 0 Å². The van der Waals surface area contributed by atoms with Crippen LogP contribution in [0.25, 0.3) is 22.8 Å². The smallest absolute Gasteiger partial charge is 0.258 e. The van der Waals surface area contributed by atoms with Crippen molar-refractivity contribution in [2.75, 3.05) is 5.73 Å². The maximum atomic E-state index is 13.2. The minimum atomic E-state index is -0.339. The van der Waals surface area contributed by atoms with Crippen LogP contribution in [-0.2, 0) is 0 Å². The van der Waals surface area contributed by atoms with Crippen LogP contribution in [0.3, 0.4) is 0 Å². The lowest BCUT2D eigenvalue weighted by Crippen LogP contribution is -1.92. The second kappa shape index (κ2) is 4.77. The van der Waals surface area contributed by atoms with Crippen molar-refractivity contribution in [3.63, 3.8) is 0 Å². The molecule has 0 spiro atoms. The highest BCUT2D eigenvalue weighted by molar-refractivity contribution is 5.68. The first-order chi connectivity index (χ1) is 9.65. The molecule has 1 heterocycles. The standard InChI is InChI=1S/C15H12FN3O/c1-9-12(6-3-7-13(9)17)15-18-14(19-20-15)10-4-2-5-11(16)8-10/h2-8H,17H2,1H3. The number of nitrogens with two attached hydrogens (primary N) is 1. The second-order valence-electron chi connectivity index (χ2n) is 4.45. The van der Waals surface area contributed by atoms with E-state index in [-0.39, 0.29) is 5.82 Å². The Kier molecular flexibility index (Phi) is 2.95. The summed E-state index contributed by atoms with van der Waals surface area (Å²) in [4.78, 5) is 4.29. The van der Waals surface area contributed by atoms with Crippen molar-refractivity contribution in [1.82, 2.24) is 10.1 Å². The Bertz CT molecular complexity index is 767. The molecule has 0 saturated carbocycles. The summed E-state index contributed by atoms with van der Waals surface area (Å²) in [7, 11) is 0. The quantitative estimate of drug-likeness (QED) is 0.724. The Morgan fingerprint density at radius 1 is 1.15 bits per heavy atom. The van der Waals surface area contributed by atoms with Crippen molar-refractivity contribution in [1.29, 1.82) is 0 Å². The highest BCUT2D eigenvalue weighted by Gasteiger charge is 2.13. The van der Waals surface area contributed by atoms with Crippen LogP contribution in [0.1, 0.15) is 5.56 Å². The SMILES string of the molecule is Cc1c(N)cccc1-c1nc(-c2cccc(F)c2)no1. The van der Waals surface area contributed by atoms with Gasteiger partial charge in [0.25, 0.3) is 5.89 Å². The molecular weight excluding hydrogens is 257 g/mol. The van der Waals surface area contributed by atoms with Crippen molar-refractivity contribution < 1.29 is 8.91 Å². The van der Waals surface area contributed by atoms with Gasteiger partial charge in [-0.3, -0.25) is 0 Å². The molecule has 0 aliphatic rings. The van der Waals surface area contributed by atoms with Gasteiger partial charge in [-0.15, -0.1) is 0 Å². The van der Waals surface area contributed by atoms with E-state index in [1.807, 2.05) is 25.1 Å². The summed E-state index contributed by atoms with van der Waals surface area (Å²) in [6.07, 6.45) is 0. The van der Waals surface area contributed by atoms with Gasteiger partial charge in [-0.05, 0) is 36.8 Å². The fraction of sp³-hybridized carbons (Fsp3) is 0.0667. The highest BCUT2D eigenvalue weighted by Crippen LogP contribution is 2.27. The molecule has 100 valence electrons. The van der Waals surface area contributed by atoms with Gasteiger partial charge in [0.05, 0.1) is 0 Å². The fourth-order valence-electron chi connectivity index (χ4n) is 1.96. The minimum absolute atomic E-state index is 0.339. The summed E-state index contributed by atoms with van der Waals surface area (Å²) in [6.45, 7) is 1.89. The zero-order valence-corrected chi connectivity index (χ0v) is 10.8. The lowest BCUT2D eigenvalue weighted by Gasteiger charge is -2.03. The van der Waals surface area contributed by atoms with E-state index >= 15 is 0 Å². The van der Waals surface area contributed by atoms with Crippen molar-refractivity contribution in [3.05, 3.63) is 53.8 Å². The predicted molar refractivity (Wildman–Crippen MR) is 74.3 cm³/mol. The van der Waals surface area contributed by atoms with E-state index in [2.05, 4.69) is 10.1 Å². The maximum absolute atomic E-state index is 13.2. The van der Waals surface area contributed by atoms with Gasteiger partial charge in [-0.2, -0.15) is 4.98 Å². The molecule has 0 aliphatic carbocycles. The monoisotopic (exact) mass is 269 g/mol. The Balaban J connectivity index is 2.04. The lowest BCUT2D eigenvalue weighted by molar-refractivity contribution is 0.432. The van der Waals surface area contributed by atoms with Crippen LogP contribution >= 0.6 is 0 Å². The third-order valence-corrected chi connectivity index (χ3v) is 3.11. The van der Waals surface area contributed by atoms with E-state index < -0.39 is 0 Å². The number of anilines is 1. The minimum Gasteiger partial charge on any atom is -0.398 e. The number of rotatable bonds is 2. The van der Waals surface area contributed by atoms with E-state index in [9.17, 15) is 4.39 Å². The lowest BCUT2D eigenvalue weighted by atomic mass is 10.1. The van der Waals surface area contributed by atoms with E-state index in [1.54, 1.807) is 12.1 Å². The van der Waals surface area contributed by atoms with Gasteiger partial charge in [0, 0.05) is 16.8 Å². The highest BCUT2D eigenvalue weighted by atomic mass is 19.1. The van der Waals surface area contributed by atoms with E-state index in [0.717, 1.165) is 11.1 Å². The Labute approximate surface area is 115 Å². The molecule has 0 amide bonds. The number of halogens is 1. The predicted octanol–water partition coefficient (Wildman–Crippen LogP) is 3.43. The van der Waals surface area contributed by atoms with Crippen LogP contribution in [0.15, 0.2) is 47.0 Å². The van der Waals surface area contributed by atoms with Crippen molar-refractivity contribution in [2.45, 2.75) is 6.92 Å². The normalized spacial score (nSPS) is 10.7. The summed E-state index contributed by atoms with van der Waals surface area (Å²) < 4.78 is 18.4.